The zero-order chi connectivity index (χ0) is 9.52. The van der Waals surface area contributed by atoms with Gasteiger partial charge >= 0.3 is 0 Å². The summed E-state index contributed by atoms with van der Waals surface area (Å²) in [7, 11) is 0. The molecule has 68 valence electrons. The van der Waals surface area contributed by atoms with Crippen molar-refractivity contribution in [3.63, 3.8) is 0 Å². The summed E-state index contributed by atoms with van der Waals surface area (Å²) in [6.45, 7) is 4.16. The molecule has 1 unspecified atom stereocenters. The van der Waals surface area contributed by atoms with E-state index in [4.69, 9.17) is 0 Å². The third-order valence-corrected chi connectivity index (χ3v) is 2.37. The van der Waals surface area contributed by atoms with Gasteiger partial charge in [-0.1, -0.05) is 30.7 Å². The quantitative estimate of drug-likeness (QED) is 0.526. The first-order chi connectivity index (χ1) is 6.33. The molecule has 1 nitrogen and oxygen atoms in total. The fourth-order valence-electron chi connectivity index (χ4n) is 0.873. The lowest BCUT2D eigenvalue weighted by molar-refractivity contribution is 1.12. The van der Waals surface area contributed by atoms with Crippen molar-refractivity contribution in [1.29, 1.82) is 0 Å². The average Bonchev–Trinajstić information content (AvgIpc) is 2.16. The van der Waals surface area contributed by atoms with Gasteiger partial charge in [-0.2, -0.15) is 0 Å². The van der Waals surface area contributed by atoms with Gasteiger partial charge in [0.2, 0.25) is 0 Å². The van der Waals surface area contributed by atoms with Crippen LogP contribution in [0.4, 0.5) is 0 Å². The van der Waals surface area contributed by atoms with E-state index in [-0.39, 0.29) is 0 Å². The van der Waals surface area contributed by atoms with Crippen LogP contribution in [0.15, 0.2) is 29.4 Å². The standard InChI is InChI=1S/C11H13NS/c1-3-4-7-10(2)13-11-8-5-6-9-12-11/h5-6,8-10H,3H2,1-2H3. The molecule has 1 rings (SSSR count). The molecule has 1 aromatic rings. The van der Waals surface area contributed by atoms with E-state index in [1.54, 1.807) is 11.8 Å². The van der Waals surface area contributed by atoms with Crippen LogP contribution in [0.3, 0.4) is 0 Å². The molecule has 0 aliphatic rings. The first-order valence-electron chi connectivity index (χ1n) is 4.39. The van der Waals surface area contributed by atoms with Crippen LogP contribution in [0.25, 0.3) is 0 Å². The van der Waals surface area contributed by atoms with Crippen molar-refractivity contribution in [3.8, 4) is 11.8 Å². The van der Waals surface area contributed by atoms with Crippen LogP contribution in [-0.4, -0.2) is 10.2 Å². The van der Waals surface area contributed by atoms with Gasteiger partial charge in [-0.25, -0.2) is 4.98 Å². The summed E-state index contributed by atoms with van der Waals surface area (Å²) in [4.78, 5) is 4.22. The summed E-state index contributed by atoms with van der Waals surface area (Å²) in [5, 5.41) is 1.37. The topological polar surface area (TPSA) is 12.9 Å². The molecule has 2 heteroatoms. The smallest absolute Gasteiger partial charge is 0.0971 e. The second kappa shape index (κ2) is 5.66. The molecule has 1 atom stereocenters. The monoisotopic (exact) mass is 191 g/mol. The molecule has 1 aromatic heterocycles. The third kappa shape index (κ3) is 4.00. The number of pyridine rings is 1. The third-order valence-electron chi connectivity index (χ3n) is 1.42. The van der Waals surface area contributed by atoms with E-state index >= 15 is 0 Å². The lowest BCUT2D eigenvalue weighted by atomic mass is 10.4. The number of thioether (sulfide) groups is 1. The zero-order valence-electron chi connectivity index (χ0n) is 7.95. The van der Waals surface area contributed by atoms with Crippen molar-refractivity contribution in [2.45, 2.75) is 30.5 Å². The Kier molecular flexibility index (Phi) is 4.42. The highest BCUT2D eigenvalue weighted by molar-refractivity contribution is 8.00. The van der Waals surface area contributed by atoms with E-state index < -0.39 is 0 Å². The van der Waals surface area contributed by atoms with Gasteiger partial charge in [0.15, 0.2) is 0 Å². The van der Waals surface area contributed by atoms with Gasteiger partial charge < -0.3 is 0 Å². The van der Waals surface area contributed by atoms with Gasteiger partial charge in [-0.15, -0.1) is 5.92 Å². The predicted octanol–water partition coefficient (Wildman–Crippen LogP) is 2.98. The van der Waals surface area contributed by atoms with Gasteiger partial charge in [-0.3, -0.25) is 0 Å². The molecule has 0 aliphatic carbocycles. The van der Waals surface area contributed by atoms with E-state index in [0.717, 1.165) is 11.4 Å². The second-order valence-electron chi connectivity index (χ2n) is 2.60. The Morgan fingerprint density at radius 3 is 3.00 bits per heavy atom. The molecule has 13 heavy (non-hydrogen) atoms. The number of hydrogen-bond donors (Lipinski definition) is 0. The summed E-state index contributed by atoms with van der Waals surface area (Å²) < 4.78 is 0. The van der Waals surface area contributed by atoms with Crippen LogP contribution in [0.2, 0.25) is 0 Å². The minimum Gasteiger partial charge on any atom is -0.250 e. The largest absolute Gasteiger partial charge is 0.250 e. The highest BCUT2D eigenvalue weighted by Gasteiger charge is 1.99. The van der Waals surface area contributed by atoms with E-state index in [2.05, 4.69) is 30.7 Å². The fourth-order valence-corrected chi connectivity index (χ4v) is 1.66. The maximum atomic E-state index is 4.22. The highest BCUT2D eigenvalue weighted by atomic mass is 32.2. The van der Waals surface area contributed by atoms with Crippen LogP contribution in [0.1, 0.15) is 20.3 Å². The van der Waals surface area contributed by atoms with E-state index in [9.17, 15) is 0 Å². The fraction of sp³-hybridized carbons (Fsp3) is 0.364. The number of nitrogens with zero attached hydrogens (tertiary/aromatic N) is 1. The first-order valence-corrected chi connectivity index (χ1v) is 5.27. The number of hydrogen-bond acceptors (Lipinski definition) is 2. The minimum absolute atomic E-state index is 0.329. The van der Waals surface area contributed by atoms with Gasteiger partial charge in [-0.05, 0) is 19.1 Å². The average molecular weight is 191 g/mol. The molecule has 0 aromatic carbocycles. The molecule has 0 saturated carbocycles. The Balaban J connectivity index is 2.50. The van der Waals surface area contributed by atoms with Crippen molar-refractivity contribution >= 4 is 11.8 Å². The van der Waals surface area contributed by atoms with Gasteiger partial charge in [0.05, 0.1) is 10.3 Å². The SMILES string of the molecule is CCC#CC(C)Sc1ccccn1. The van der Waals surface area contributed by atoms with Crippen LogP contribution in [0.5, 0.6) is 0 Å². The lowest BCUT2D eigenvalue weighted by Crippen LogP contribution is -1.91. The molecule has 0 spiro atoms. The normalized spacial score (nSPS) is 11.5. The first kappa shape index (κ1) is 10.1. The Morgan fingerprint density at radius 1 is 1.54 bits per heavy atom. The molecule has 0 bridgehead atoms. The molecule has 0 N–H and O–H groups in total. The van der Waals surface area contributed by atoms with Crippen LogP contribution in [0, 0.1) is 11.8 Å². The minimum atomic E-state index is 0.329. The Hall–Kier alpha value is -0.940. The summed E-state index contributed by atoms with van der Waals surface area (Å²) in [6.07, 6.45) is 2.73. The van der Waals surface area contributed by atoms with Crippen molar-refractivity contribution in [1.82, 2.24) is 4.98 Å². The Bertz CT molecular complexity index is 297. The van der Waals surface area contributed by atoms with E-state index in [0.29, 0.717) is 5.25 Å². The number of aromatic nitrogens is 1. The highest BCUT2D eigenvalue weighted by Crippen LogP contribution is 2.19. The molecule has 0 aliphatic heterocycles. The number of rotatable bonds is 2. The molecule has 0 fully saturated rings. The summed E-state index contributed by atoms with van der Waals surface area (Å²) in [5.41, 5.74) is 0. The van der Waals surface area contributed by atoms with Crippen LogP contribution < -0.4 is 0 Å². The molecule has 0 saturated heterocycles. The second-order valence-corrected chi connectivity index (χ2v) is 3.96. The van der Waals surface area contributed by atoms with Crippen molar-refractivity contribution < 1.29 is 0 Å². The van der Waals surface area contributed by atoms with Gasteiger partial charge in [0, 0.05) is 12.6 Å². The predicted molar refractivity (Wildman–Crippen MR) is 57.6 cm³/mol. The summed E-state index contributed by atoms with van der Waals surface area (Å²) in [5.74, 6) is 6.22. The van der Waals surface area contributed by atoms with E-state index in [1.807, 2.05) is 24.4 Å². The van der Waals surface area contributed by atoms with Gasteiger partial charge in [0.1, 0.15) is 0 Å². The summed E-state index contributed by atoms with van der Waals surface area (Å²) >= 11 is 1.70. The molecular formula is C11H13NS. The maximum absolute atomic E-state index is 4.22. The van der Waals surface area contributed by atoms with E-state index in [1.165, 1.54) is 0 Å². The lowest BCUT2D eigenvalue weighted by Gasteiger charge is -2.01. The molecular weight excluding hydrogens is 178 g/mol. The Labute approximate surface area is 84.0 Å². The van der Waals surface area contributed by atoms with Crippen molar-refractivity contribution in [3.05, 3.63) is 24.4 Å². The zero-order valence-corrected chi connectivity index (χ0v) is 8.77. The van der Waals surface area contributed by atoms with Crippen LogP contribution in [-0.2, 0) is 0 Å². The van der Waals surface area contributed by atoms with Crippen LogP contribution >= 0.6 is 11.8 Å². The molecule has 0 amide bonds. The molecule has 1 heterocycles. The van der Waals surface area contributed by atoms with Crippen molar-refractivity contribution in [2.24, 2.45) is 0 Å². The molecule has 0 radical (unpaired) electrons. The summed E-state index contributed by atoms with van der Waals surface area (Å²) in [6, 6.07) is 5.93. The Morgan fingerprint density at radius 2 is 2.38 bits per heavy atom. The maximum Gasteiger partial charge on any atom is 0.0971 e. The van der Waals surface area contributed by atoms with Crippen molar-refractivity contribution in [2.75, 3.05) is 0 Å². The van der Waals surface area contributed by atoms with Gasteiger partial charge in [0.25, 0.3) is 0 Å².